The van der Waals surface area contributed by atoms with E-state index >= 15 is 0 Å². The third-order valence-electron chi connectivity index (χ3n) is 2.71. The van der Waals surface area contributed by atoms with Gasteiger partial charge in [-0.3, -0.25) is 5.01 Å². The molecule has 0 radical (unpaired) electrons. The molecule has 3 rings (SSSR count). The Morgan fingerprint density at radius 1 is 1.60 bits per heavy atom. The summed E-state index contributed by atoms with van der Waals surface area (Å²) in [4.78, 5) is 0. The lowest BCUT2D eigenvalue weighted by atomic mass is 9.87. The minimum Gasteiger partial charge on any atom is -0.294 e. The molecule has 0 aromatic rings. The highest BCUT2D eigenvalue weighted by atomic mass is 15.5. The molecule has 3 aliphatic heterocycles. The Balaban J connectivity index is 2.05. The van der Waals surface area contributed by atoms with Crippen LogP contribution in [-0.4, -0.2) is 23.8 Å². The zero-order chi connectivity index (χ0) is 6.97. The van der Waals surface area contributed by atoms with E-state index in [1.807, 2.05) is 0 Å². The summed E-state index contributed by atoms with van der Waals surface area (Å²) in [5, 5.41) is 6.54. The molecule has 2 nitrogen and oxygen atoms in total. The van der Waals surface area contributed by atoms with Crippen LogP contribution in [0, 0.1) is 5.92 Å². The van der Waals surface area contributed by atoms with E-state index in [4.69, 9.17) is 0 Å². The normalized spacial score (nSPS) is 41.5. The van der Waals surface area contributed by atoms with Crippen molar-refractivity contribution in [1.82, 2.24) is 5.01 Å². The molecule has 3 heterocycles. The number of rotatable bonds is 0. The zero-order valence-corrected chi connectivity index (χ0v) is 6.45. The molecule has 0 aromatic carbocycles. The SMILES string of the molecule is CC1C2CCC/C=N/N1C2. The molecule has 0 amide bonds. The van der Waals surface area contributed by atoms with Gasteiger partial charge in [-0.25, -0.2) is 0 Å². The molecule has 56 valence electrons. The van der Waals surface area contributed by atoms with E-state index in [1.165, 1.54) is 25.8 Å². The standard InChI is InChI=1S/C8H14N2/c1-7-8-4-2-3-5-9-10(7)6-8/h5,7-8H,2-4,6H2,1H3/b9-5+. The summed E-state index contributed by atoms with van der Waals surface area (Å²) in [6.45, 7) is 3.48. The minimum atomic E-state index is 0.719. The van der Waals surface area contributed by atoms with Crippen molar-refractivity contribution in [1.29, 1.82) is 0 Å². The third kappa shape index (κ3) is 0.825. The topological polar surface area (TPSA) is 15.6 Å². The summed E-state index contributed by atoms with van der Waals surface area (Å²) >= 11 is 0. The predicted octanol–water partition coefficient (Wildman–Crippen LogP) is 1.48. The maximum absolute atomic E-state index is 4.34. The van der Waals surface area contributed by atoms with Crippen molar-refractivity contribution in [2.24, 2.45) is 11.0 Å². The van der Waals surface area contributed by atoms with Gasteiger partial charge in [0.15, 0.2) is 0 Å². The Morgan fingerprint density at radius 2 is 2.50 bits per heavy atom. The smallest absolute Gasteiger partial charge is 0.0488 e. The van der Waals surface area contributed by atoms with Crippen molar-refractivity contribution >= 4 is 6.21 Å². The van der Waals surface area contributed by atoms with E-state index in [2.05, 4.69) is 23.2 Å². The van der Waals surface area contributed by atoms with Gasteiger partial charge >= 0.3 is 0 Å². The summed E-state index contributed by atoms with van der Waals surface area (Å²) in [6, 6.07) is 0.719. The van der Waals surface area contributed by atoms with Crippen molar-refractivity contribution in [3.63, 3.8) is 0 Å². The second-order valence-corrected chi connectivity index (χ2v) is 3.35. The van der Waals surface area contributed by atoms with Crippen molar-refractivity contribution in [2.45, 2.75) is 32.2 Å². The third-order valence-corrected chi connectivity index (χ3v) is 2.71. The summed E-state index contributed by atoms with van der Waals surface area (Å²) in [7, 11) is 0. The maximum Gasteiger partial charge on any atom is 0.0488 e. The fourth-order valence-electron chi connectivity index (χ4n) is 1.78. The molecule has 1 saturated heterocycles. The maximum atomic E-state index is 4.34. The van der Waals surface area contributed by atoms with Crippen LogP contribution in [0.2, 0.25) is 0 Å². The van der Waals surface area contributed by atoms with Gasteiger partial charge in [0.1, 0.15) is 0 Å². The molecule has 0 aliphatic carbocycles. The van der Waals surface area contributed by atoms with Crippen LogP contribution in [0.15, 0.2) is 5.10 Å². The van der Waals surface area contributed by atoms with Gasteiger partial charge in [-0.1, -0.05) is 0 Å². The van der Waals surface area contributed by atoms with Crippen molar-refractivity contribution < 1.29 is 0 Å². The van der Waals surface area contributed by atoms with E-state index in [0.717, 1.165) is 12.0 Å². The van der Waals surface area contributed by atoms with Crippen LogP contribution in [0.5, 0.6) is 0 Å². The van der Waals surface area contributed by atoms with Gasteiger partial charge in [0.05, 0.1) is 0 Å². The fourth-order valence-corrected chi connectivity index (χ4v) is 1.78. The number of hydrogen-bond donors (Lipinski definition) is 0. The molecular formula is C8H14N2. The lowest BCUT2D eigenvalue weighted by Gasteiger charge is -2.45. The molecule has 0 N–H and O–H groups in total. The molecule has 2 atom stereocenters. The summed E-state index contributed by atoms with van der Waals surface area (Å²) in [5.41, 5.74) is 0. The lowest BCUT2D eigenvalue weighted by molar-refractivity contribution is 0.0216. The van der Waals surface area contributed by atoms with Crippen LogP contribution in [0.1, 0.15) is 26.2 Å². The number of hydrazone groups is 1. The highest BCUT2D eigenvalue weighted by molar-refractivity contribution is 5.56. The largest absolute Gasteiger partial charge is 0.294 e. The highest BCUT2D eigenvalue weighted by Gasteiger charge is 2.34. The van der Waals surface area contributed by atoms with E-state index in [1.54, 1.807) is 0 Å². The van der Waals surface area contributed by atoms with Crippen molar-refractivity contribution in [3.05, 3.63) is 0 Å². The van der Waals surface area contributed by atoms with Crippen molar-refractivity contribution in [2.75, 3.05) is 6.54 Å². The van der Waals surface area contributed by atoms with Crippen molar-refractivity contribution in [3.8, 4) is 0 Å². The molecule has 0 saturated carbocycles. The second kappa shape index (κ2) is 2.26. The summed E-state index contributed by atoms with van der Waals surface area (Å²) in [5.74, 6) is 0.942. The van der Waals surface area contributed by atoms with Crippen LogP contribution in [0.3, 0.4) is 0 Å². The minimum absolute atomic E-state index is 0.719. The molecule has 10 heavy (non-hydrogen) atoms. The van der Waals surface area contributed by atoms with Gasteiger partial charge in [-0.05, 0) is 32.1 Å². The monoisotopic (exact) mass is 138 g/mol. The molecule has 0 aromatic heterocycles. The van der Waals surface area contributed by atoms with Gasteiger partial charge in [-0.15, -0.1) is 0 Å². The summed E-state index contributed by atoms with van der Waals surface area (Å²) in [6.07, 6.45) is 5.99. The lowest BCUT2D eigenvalue weighted by Crippen LogP contribution is -2.51. The Morgan fingerprint density at radius 3 is 3.30 bits per heavy atom. The first-order chi connectivity index (χ1) is 4.88. The van der Waals surface area contributed by atoms with E-state index in [0.29, 0.717) is 0 Å². The molecule has 3 aliphatic rings. The first-order valence-corrected chi connectivity index (χ1v) is 4.17. The molecule has 0 spiro atoms. The number of fused-ring (bicyclic) bond motifs is 3. The Labute approximate surface area is 61.9 Å². The van der Waals surface area contributed by atoms with Crippen LogP contribution in [-0.2, 0) is 0 Å². The fraction of sp³-hybridized carbons (Fsp3) is 0.875. The van der Waals surface area contributed by atoms with Gasteiger partial charge < -0.3 is 0 Å². The Kier molecular flexibility index (Phi) is 1.40. The van der Waals surface area contributed by atoms with Gasteiger partial charge in [0.25, 0.3) is 0 Å². The van der Waals surface area contributed by atoms with Crippen LogP contribution in [0.4, 0.5) is 0 Å². The number of nitrogens with zero attached hydrogens (tertiary/aromatic N) is 2. The number of hydrogen-bond acceptors (Lipinski definition) is 2. The van der Waals surface area contributed by atoms with Gasteiger partial charge in [-0.2, -0.15) is 5.10 Å². The molecule has 2 bridgehead atoms. The molecule has 2 unspecified atom stereocenters. The van der Waals surface area contributed by atoms with Crippen LogP contribution >= 0.6 is 0 Å². The second-order valence-electron chi connectivity index (χ2n) is 3.35. The average Bonchev–Trinajstić information content (AvgIpc) is 1.84. The molecule has 2 heteroatoms. The average molecular weight is 138 g/mol. The Hall–Kier alpha value is -0.530. The predicted molar refractivity (Wildman–Crippen MR) is 42.0 cm³/mol. The van der Waals surface area contributed by atoms with E-state index in [9.17, 15) is 0 Å². The zero-order valence-electron chi connectivity index (χ0n) is 6.45. The Bertz CT molecular complexity index is 153. The van der Waals surface area contributed by atoms with E-state index < -0.39 is 0 Å². The molecule has 1 fully saturated rings. The van der Waals surface area contributed by atoms with Gasteiger partial charge in [0, 0.05) is 18.8 Å². The van der Waals surface area contributed by atoms with Crippen LogP contribution < -0.4 is 0 Å². The highest BCUT2D eigenvalue weighted by Crippen LogP contribution is 2.30. The van der Waals surface area contributed by atoms with Gasteiger partial charge in [0.2, 0.25) is 0 Å². The molecular weight excluding hydrogens is 124 g/mol. The summed E-state index contributed by atoms with van der Waals surface area (Å²) < 4.78 is 0. The first kappa shape index (κ1) is 6.20. The quantitative estimate of drug-likeness (QED) is 0.495. The van der Waals surface area contributed by atoms with E-state index in [-0.39, 0.29) is 0 Å². The first-order valence-electron chi connectivity index (χ1n) is 4.17. The van der Waals surface area contributed by atoms with Crippen LogP contribution in [0.25, 0.3) is 0 Å².